The normalized spacial score (nSPS) is 10.6. The van der Waals surface area contributed by atoms with Crippen LogP contribution in [0.2, 0.25) is 0 Å². The van der Waals surface area contributed by atoms with Crippen LogP contribution in [0.25, 0.3) is 10.9 Å². The van der Waals surface area contributed by atoms with Crippen LogP contribution in [-0.2, 0) is 4.79 Å². The number of aryl methyl sites for hydroxylation is 2. The minimum absolute atomic E-state index is 0.196. The van der Waals surface area contributed by atoms with Crippen molar-refractivity contribution in [2.45, 2.75) is 13.8 Å². The number of carboxylic acids is 1. The summed E-state index contributed by atoms with van der Waals surface area (Å²) >= 11 is 0. The number of benzene rings is 1. The average molecular weight is 217 g/mol. The van der Waals surface area contributed by atoms with Crippen LogP contribution < -0.4 is 0 Å². The fourth-order valence-electron chi connectivity index (χ4n) is 1.74. The van der Waals surface area contributed by atoms with Gasteiger partial charge in [-0.15, -0.1) is 0 Å². The summed E-state index contributed by atoms with van der Waals surface area (Å²) in [6, 6.07) is 4.88. The second-order valence-corrected chi connectivity index (χ2v) is 3.77. The van der Waals surface area contributed by atoms with Crippen molar-refractivity contribution in [3.05, 3.63) is 35.0 Å². The fourth-order valence-corrected chi connectivity index (χ4v) is 1.74. The molecule has 2 aromatic rings. The lowest BCUT2D eigenvalue weighted by atomic mass is 10.1. The monoisotopic (exact) mass is 217 g/mol. The number of carbonyl (C=O) groups is 2. The molecule has 82 valence electrons. The van der Waals surface area contributed by atoms with Gasteiger partial charge in [0.1, 0.15) is 0 Å². The van der Waals surface area contributed by atoms with Crippen LogP contribution in [0.5, 0.6) is 0 Å². The molecule has 0 spiro atoms. The van der Waals surface area contributed by atoms with E-state index in [1.807, 2.05) is 13.8 Å². The van der Waals surface area contributed by atoms with Gasteiger partial charge in [-0.2, -0.15) is 0 Å². The summed E-state index contributed by atoms with van der Waals surface area (Å²) in [5, 5.41) is 9.62. The average Bonchev–Trinajstić information content (AvgIpc) is 2.53. The van der Waals surface area contributed by atoms with Crippen molar-refractivity contribution in [1.29, 1.82) is 0 Å². The highest BCUT2D eigenvalue weighted by Gasteiger charge is 2.15. The standard InChI is InChI=1S/C12H11NO3/c1-6-7(2)13-10-5-8(3-4-9(6)10)11(14)12(15)16/h3-5,13H,1-2H3,(H,15,16). The third-order valence-corrected chi connectivity index (χ3v) is 2.76. The summed E-state index contributed by atoms with van der Waals surface area (Å²) < 4.78 is 0. The highest BCUT2D eigenvalue weighted by atomic mass is 16.4. The van der Waals surface area contributed by atoms with Crippen molar-refractivity contribution in [2.24, 2.45) is 0 Å². The lowest BCUT2D eigenvalue weighted by Crippen LogP contribution is -2.12. The largest absolute Gasteiger partial charge is 0.475 e. The summed E-state index contributed by atoms with van der Waals surface area (Å²) in [6.45, 7) is 3.92. The number of H-pyrrole nitrogens is 1. The lowest BCUT2D eigenvalue weighted by Gasteiger charge is -1.96. The summed E-state index contributed by atoms with van der Waals surface area (Å²) in [5.41, 5.74) is 3.13. The molecule has 1 heterocycles. The molecule has 0 aliphatic carbocycles. The number of Topliss-reactive ketones (excluding diaryl/α,β-unsaturated/α-hetero) is 1. The Bertz CT molecular complexity index is 596. The van der Waals surface area contributed by atoms with E-state index < -0.39 is 11.8 Å². The van der Waals surface area contributed by atoms with E-state index in [0.717, 1.165) is 22.2 Å². The first kappa shape index (κ1) is 10.4. The lowest BCUT2D eigenvalue weighted by molar-refractivity contribution is -0.131. The maximum Gasteiger partial charge on any atom is 0.377 e. The maximum atomic E-state index is 11.3. The highest BCUT2D eigenvalue weighted by molar-refractivity contribution is 6.40. The van der Waals surface area contributed by atoms with Crippen LogP contribution in [0.1, 0.15) is 21.6 Å². The Morgan fingerprint density at radius 2 is 1.94 bits per heavy atom. The predicted molar refractivity (Wildman–Crippen MR) is 59.7 cm³/mol. The summed E-state index contributed by atoms with van der Waals surface area (Å²) in [6.07, 6.45) is 0. The molecule has 0 fully saturated rings. The summed E-state index contributed by atoms with van der Waals surface area (Å²) in [4.78, 5) is 24.9. The zero-order valence-electron chi connectivity index (χ0n) is 9.00. The fraction of sp³-hybridized carbons (Fsp3) is 0.167. The highest BCUT2D eigenvalue weighted by Crippen LogP contribution is 2.22. The number of carbonyl (C=O) groups excluding carboxylic acids is 1. The van der Waals surface area contributed by atoms with E-state index in [2.05, 4.69) is 4.98 Å². The van der Waals surface area contributed by atoms with Gasteiger partial charge in [-0.25, -0.2) is 4.79 Å². The van der Waals surface area contributed by atoms with Gasteiger partial charge in [0.05, 0.1) is 0 Å². The number of aromatic amines is 1. The van der Waals surface area contributed by atoms with Crippen molar-refractivity contribution in [3.8, 4) is 0 Å². The van der Waals surface area contributed by atoms with Gasteiger partial charge in [-0.05, 0) is 25.5 Å². The first-order valence-electron chi connectivity index (χ1n) is 4.87. The number of rotatable bonds is 2. The van der Waals surface area contributed by atoms with Gasteiger partial charge in [-0.1, -0.05) is 12.1 Å². The number of hydrogen-bond donors (Lipinski definition) is 2. The van der Waals surface area contributed by atoms with E-state index in [1.165, 1.54) is 0 Å². The van der Waals surface area contributed by atoms with Crippen molar-refractivity contribution in [1.82, 2.24) is 4.98 Å². The maximum absolute atomic E-state index is 11.3. The summed E-state index contributed by atoms with van der Waals surface area (Å²) in [5.74, 6) is -2.31. The molecule has 0 bridgehead atoms. The molecule has 0 amide bonds. The molecule has 1 aromatic heterocycles. The van der Waals surface area contributed by atoms with Gasteiger partial charge in [0.2, 0.25) is 0 Å². The first-order valence-corrected chi connectivity index (χ1v) is 4.87. The zero-order valence-corrected chi connectivity index (χ0v) is 9.00. The third-order valence-electron chi connectivity index (χ3n) is 2.76. The topological polar surface area (TPSA) is 70.2 Å². The van der Waals surface area contributed by atoms with E-state index in [1.54, 1.807) is 18.2 Å². The van der Waals surface area contributed by atoms with Crippen molar-refractivity contribution in [3.63, 3.8) is 0 Å². The number of hydrogen-bond acceptors (Lipinski definition) is 2. The molecule has 2 N–H and O–H groups in total. The zero-order chi connectivity index (χ0) is 11.9. The smallest absolute Gasteiger partial charge is 0.377 e. The molecule has 0 saturated carbocycles. The quantitative estimate of drug-likeness (QED) is 0.597. The Morgan fingerprint density at radius 1 is 1.25 bits per heavy atom. The number of aromatic nitrogens is 1. The molecule has 0 radical (unpaired) electrons. The van der Waals surface area contributed by atoms with Gasteiger partial charge in [0.15, 0.2) is 0 Å². The molecule has 16 heavy (non-hydrogen) atoms. The Labute approximate surface area is 91.9 Å². The number of ketones is 1. The SMILES string of the molecule is Cc1[nH]c2cc(C(=O)C(=O)O)ccc2c1C. The van der Waals surface area contributed by atoms with Crippen molar-refractivity contribution >= 4 is 22.7 Å². The van der Waals surface area contributed by atoms with E-state index in [4.69, 9.17) is 5.11 Å². The molecule has 4 nitrogen and oxygen atoms in total. The number of fused-ring (bicyclic) bond motifs is 1. The molecule has 2 rings (SSSR count). The van der Waals surface area contributed by atoms with Crippen molar-refractivity contribution in [2.75, 3.05) is 0 Å². The van der Waals surface area contributed by atoms with Crippen LogP contribution in [0.4, 0.5) is 0 Å². The molecule has 1 aromatic carbocycles. The minimum Gasteiger partial charge on any atom is -0.475 e. The Morgan fingerprint density at radius 3 is 2.56 bits per heavy atom. The van der Waals surface area contributed by atoms with Crippen LogP contribution in [0.3, 0.4) is 0 Å². The minimum atomic E-state index is -1.43. The van der Waals surface area contributed by atoms with Crippen LogP contribution >= 0.6 is 0 Å². The van der Waals surface area contributed by atoms with Crippen molar-refractivity contribution < 1.29 is 14.7 Å². The van der Waals surface area contributed by atoms with E-state index >= 15 is 0 Å². The molecule has 0 atom stereocenters. The molecule has 0 aliphatic rings. The molecule has 0 unspecified atom stereocenters. The third kappa shape index (κ3) is 1.48. The first-order chi connectivity index (χ1) is 7.50. The number of nitrogens with one attached hydrogen (secondary N) is 1. The van der Waals surface area contributed by atoms with Gasteiger partial charge >= 0.3 is 5.97 Å². The molecule has 0 saturated heterocycles. The number of aliphatic carboxylic acids is 1. The summed E-state index contributed by atoms with van der Waals surface area (Å²) in [7, 11) is 0. The molecule has 4 heteroatoms. The van der Waals surface area contributed by atoms with Gasteiger partial charge in [0.25, 0.3) is 5.78 Å². The van der Waals surface area contributed by atoms with Crippen LogP contribution in [-0.4, -0.2) is 21.8 Å². The van der Waals surface area contributed by atoms with E-state index in [0.29, 0.717) is 0 Å². The predicted octanol–water partition coefficient (Wildman–Crippen LogP) is 2.05. The Hall–Kier alpha value is -2.10. The van der Waals surface area contributed by atoms with E-state index in [9.17, 15) is 9.59 Å². The second-order valence-electron chi connectivity index (χ2n) is 3.77. The van der Waals surface area contributed by atoms with Crippen LogP contribution in [0.15, 0.2) is 18.2 Å². The van der Waals surface area contributed by atoms with Gasteiger partial charge in [0, 0.05) is 22.2 Å². The molecule has 0 aliphatic heterocycles. The van der Waals surface area contributed by atoms with Gasteiger partial charge in [-0.3, -0.25) is 4.79 Å². The Kier molecular flexibility index (Phi) is 2.27. The second kappa shape index (κ2) is 3.48. The molecular weight excluding hydrogens is 206 g/mol. The van der Waals surface area contributed by atoms with E-state index in [-0.39, 0.29) is 5.56 Å². The molecular formula is C12H11NO3. The Balaban J connectivity index is 2.61. The van der Waals surface area contributed by atoms with Gasteiger partial charge < -0.3 is 10.1 Å². The number of carboxylic acid groups (broad SMARTS) is 1. The van der Waals surface area contributed by atoms with Crippen LogP contribution in [0, 0.1) is 13.8 Å².